The highest BCUT2D eigenvalue weighted by atomic mass is 19.2. The molecular weight excluding hydrogens is 316 g/mol. The fourth-order valence-electron chi connectivity index (χ4n) is 3.31. The smallest absolute Gasteiger partial charge is 0.320 e. The molecule has 7 heteroatoms. The molecule has 24 heavy (non-hydrogen) atoms. The summed E-state index contributed by atoms with van der Waals surface area (Å²) in [6.07, 6.45) is 3.39. The molecule has 1 aromatic carbocycles. The first kappa shape index (κ1) is 16.7. The first-order valence-electron chi connectivity index (χ1n) is 8.35. The van der Waals surface area contributed by atoms with E-state index in [1.807, 2.05) is 4.90 Å². The number of piperidine rings is 1. The van der Waals surface area contributed by atoms with E-state index in [9.17, 15) is 18.4 Å². The number of rotatable bonds is 2. The molecule has 0 bridgehead atoms. The molecule has 0 aromatic heterocycles. The summed E-state index contributed by atoms with van der Waals surface area (Å²) in [6.45, 7) is 2.48. The molecule has 2 aliphatic rings. The van der Waals surface area contributed by atoms with E-state index in [0.717, 1.165) is 38.4 Å². The Morgan fingerprint density at radius 3 is 2.50 bits per heavy atom. The van der Waals surface area contributed by atoms with Gasteiger partial charge in [-0.05, 0) is 37.8 Å². The van der Waals surface area contributed by atoms with Crippen LogP contribution in [0.15, 0.2) is 18.2 Å². The van der Waals surface area contributed by atoms with Crippen molar-refractivity contribution in [3.63, 3.8) is 0 Å². The van der Waals surface area contributed by atoms with E-state index in [-0.39, 0.29) is 17.6 Å². The van der Waals surface area contributed by atoms with Crippen molar-refractivity contribution >= 4 is 17.6 Å². The molecule has 2 heterocycles. The van der Waals surface area contributed by atoms with Gasteiger partial charge < -0.3 is 15.1 Å². The molecule has 1 N–H and O–H groups in total. The predicted molar refractivity (Wildman–Crippen MR) is 85.5 cm³/mol. The average molecular weight is 337 g/mol. The Bertz CT molecular complexity index is 632. The number of anilines is 1. The van der Waals surface area contributed by atoms with Crippen molar-refractivity contribution in [1.29, 1.82) is 0 Å². The van der Waals surface area contributed by atoms with Crippen LogP contribution in [0.1, 0.15) is 25.7 Å². The number of nitrogens with zero attached hydrogens (tertiary/aromatic N) is 2. The molecule has 0 spiro atoms. The van der Waals surface area contributed by atoms with E-state index in [1.165, 1.54) is 12.1 Å². The van der Waals surface area contributed by atoms with Gasteiger partial charge in [0.2, 0.25) is 5.91 Å². The third-order valence-electron chi connectivity index (χ3n) is 4.65. The molecule has 0 saturated carbocycles. The summed E-state index contributed by atoms with van der Waals surface area (Å²) in [5, 5.41) is 2.44. The first-order valence-corrected chi connectivity index (χ1v) is 8.35. The molecule has 2 aliphatic heterocycles. The van der Waals surface area contributed by atoms with Gasteiger partial charge in [0.25, 0.3) is 0 Å². The second-order valence-corrected chi connectivity index (χ2v) is 6.35. The molecule has 1 aromatic rings. The highest BCUT2D eigenvalue weighted by Crippen LogP contribution is 2.23. The topological polar surface area (TPSA) is 52.7 Å². The fraction of sp³-hybridized carbons (Fsp3) is 0.529. The Balaban J connectivity index is 1.62. The summed E-state index contributed by atoms with van der Waals surface area (Å²) in [6, 6.07) is 3.65. The zero-order valence-corrected chi connectivity index (χ0v) is 13.4. The van der Waals surface area contributed by atoms with Gasteiger partial charge in [0.05, 0.1) is 11.6 Å². The van der Waals surface area contributed by atoms with Crippen molar-refractivity contribution in [2.24, 2.45) is 5.92 Å². The number of halogens is 2. The summed E-state index contributed by atoms with van der Waals surface area (Å²) >= 11 is 0. The highest BCUT2D eigenvalue weighted by molar-refractivity contribution is 5.93. The van der Waals surface area contributed by atoms with Crippen LogP contribution in [0, 0.1) is 17.6 Å². The molecule has 2 fully saturated rings. The Labute approximate surface area is 139 Å². The third-order valence-corrected chi connectivity index (χ3v) is 4.65. The molecule has 130 valence electrons. The van der Waals surface area contributed by atoms with Crippen LogP contribution in [0.3, 0.4) is 0 Å². The Hall–Kier alpha value is -2.18. The van der Waals surface area contributed by atoms with Crippen LogP contribution in [0.25, 0.3) is 0 Å². The molecule has 5 nitrogen and oxygen atoms in total. The summed E-state index contributed by atoms with van der Waals surface area (Å²) in [7, 11) is 0. The van der Waals surface area contributed by atoms with E-state index < -0.39 is 17.6 Å². The predicted octanol–water partition coefficient (Wildman–Crippen LogP) is 2.83. The largest absolute Gasteiger partial charge is 0.325 e. The van der Waals surface area contributed by atoms with Gasteiger partial charge in [-0.25, -0.2) is 13.6 Å². The summed E-state index contributed by atoms with van der Waals surface area (Å²) in [5.74, 6) is -2.85. The van der Waals surface area contributed by atoms with Crippen LogP contribution in [-0.4, -0.2) is 47.9 Å². The zero-order chi connectivity index (χ0) is 17.1. The second-order valence-electron chi connectivity index (χ2n) is 6.35. The maximum Gasteiger partial charge on any atom is 0.320 e. The van der Waals surface area contributed by atoms with Crippen LogP contribution >= 0.6 is 0 Å². The van der Waals surface area contributed by atoms with Crippen molar-refractivity contribution in [2.45, 2.75) is 25.7 Å². The minimum absolute atomic E-state index is 0.0260. The lowest BCUT2D eigenvalue weighted by Crippen LogP contribution is -2.48. The number of carbonyl (C=O) groups is 2. The number of benzene rings is 1. The van der Waals surface area contributed by atoms with Gasteiger partial charge in [-0.1, -0.05) is 6.07 Å². The van der Waals surface area contributed by atoms with Crippen LogP contribution in [-0.2, 0) is 4.79 Å². The Kier molecular flexibility index (Phi) is 4.97. The lowest BCUT2D eigenvalue weighted by atomic mass is 9.97. The summed E-state index contributed by atoms with van der Waals surface area (Å²) in [4.78, 5) is 28.3. The number of likely N-dealkylation sites (tertiary alicyclic amines) is 2. The minimum Gasteiger partial charge on any atom is -0.325 e. The van der Waals surface area contributed by atoms with Gasteiger partial charge in [-0.3, -0.25) is 4.79 Å². The SMILES string of the molecule is O=C(Nc1cccc(F)c1F)C1CCCN(C(=O)N2CCCC2)C1. The van der Waals surface area contributed by atoms with Crippen LogP contribution < -0.4 is 5.32 Å². The highest BCUT2D eigenvalue weighted by Gasteiger charge is 2.31. The van der Waals surface area contributed by atoms with E-state index in [1.54, 1.807) is 4.90 Å². The third kappa shape index (κ3) is 3.49. The van der Waals surface area contributed by atoms with Crippen molar-refractivity contribution in [2.75, 3.05) is 31.5 Å². The molecule has 0 radical (unpaired) electrons. The normalized spacial score (nSPS) is 21.0. The standard InChI is InChI=1S/C17H21F2N3O2/c18-13-6-3-7-14(15(13)19)20-16(23)12-5-4-10-22(11-12)17(24)21-8-1-2-9-21/h3,6-7,12H,1-2,4-5,8-11H2,(H,20,23). The van der Waals surface area contributed by atoms with Gasteiger partial charge in [0.1, 0.15) is 0 Å². The Morgan fingerprint density at radius 2 is 1.75 bits per heavy atom. The molecule has 1 unspecified atom stereocenters. The molecule has 0 aliphatic carbocycles. The number of hydrogen-bond acceptors (Lipinski definition) is 2. The van der Waals surface area contributed by atoms with Crippen LogP contribution in [0.5, 0.6) is 0 Å². The number of nitrogens with one attached hydrogen (secondary N) is 1. The second kappa shape index (κ2) is 7.15. The number of carbonyl (C=O) groups excluding carboxylic acids is 2. The van der Waals surface area contributed by atoms with Crippen LogP contribution in [0.2, 0.25) is 0 Å². The van der Waals surface area contributed by atoms with Crippen molar-refractivity contribution in [3.8, 4) is 0 Å². The molecular formula is C17H21F2N3O2. The maximum atomic E-state index is 13.7. The molecule has 2 saturated heterocycles. The number of hydrogen-bond donors (Lipinski definition) is 1. The van der Waals surface area contributed by atoms with Gasteiger partial charge in [-0.2, -0.15) is 0 Å². The summed E-state index contributed by atoms with van der Waals surface area (Å²) < 4.78 is 26.9. The molecule has 1 atom stereocenters. The summed E-state index contributed by atoms with van der Waals surface area (Å²) in [5.41, 5.74) is -0.164. The van der Waals surface area contributed by atoms with Gasteiger partial charge in [0.15, 0.2) is 11.6 Å². The quantitative estimate of drug-likeness (QED) is 0.902. The lowest BCUT2D eigenvalue weighted by molar-refractivity contribution is -0.121. The van der Waals surface area contributed by atoms with E-state index in [0.29, 0.717) is 19.5 Å². The van der Waals surface area contributed by atoms with Crippen molar-refractivity contribution < 1.29 is 18.4 Å². The lowest BCUT2D eigenvalue weighted by Gasteiger charge is -2.34. The Morgan fingerprint density at radius 1 is 1.04 bits per heavy atom. The maximum absolute atomic E-state index is 13.7. The zero-order valence-electron chi connectivity index (χ0n) is 13.4. The van der Waals surface area contributed by atoms with E-state index >= 15 is 0 Å². The average Bonchev–Trinajstić information content (AvgIpc) is 3.13. The minimum atomic E-state index is -1.06. The van der Waals surface area contributed by atoms with Gasteiger partial charge >= 0.3 is 6.03 Å². The fourth-order valence-corrected chi connectivity index (χ4v) is 3.31. The van der Waals surface area contributed by atoms with Crippen molar-refractivity contribution in [3.05, 3.63) is 29.8 Å². The van der Waals surface area contributed by atoms with Gasteiger partial charge in [-0.15, -0.1) is 0 Å². The van der Waals surface area contributed by atoms with E-state index in [4.69, 9.17) is 0 Å². The van der Waals surface area contributed by atoms with Crippen LogP contribution in [0.4, 0.5) is 19.3 Å². The van der Waals surface area contributed by atoms with Gasteiger partial charge in [0, 0.05) is 26.2 Å². The van der Waals surface area contributed by atoms with Crippen molar-refractivity contribution in [1.82, 2.24) is 9.80 Å². The first-order chi connectivity index (χ1) is 11.6. The van der Waals surface area contributed by atoms with E-state index in [2.05, 4.69) is 5.32 Å². The molecule has 3 rings (SSSR count). The number of urea groups is 1. The monoisotopic (exact) mass is 337 g/mol. The number of amides is 3. The molecule has 3 amide bonds.